The number of anilines is 2. The molecule has 0 amide bonds. The monoisotopic (exact) mass is 298 g/mol. The van der Waals surface area contributed by atoms with Crippen LogP contribution in [0.4, 0.5) is 20.2 Å². The lowest BCUT2D eigenvalue weighted by Crippen LogP contribution is -2.14. The summed E-state index contributed by atoms with van der Waals surface area (Å²) in [6.07, 6.45) is 0. The first-order valence-electron chi connectivity index (χ1n) is 5.64. The summed E-state index contributed by atoms with van der Waals surface area (Å²) in [5, 5.41) is 0. The Labute approximate surface area is 115 Å². The molecule has 0 aliphatic carbocycles. The van der Waals surface area contributed by atoms with Crippen molar-refractivity contribution >= 4 is 21.4 Å². The van der Waals surface area contributed by atoms with Crippen LogP contribution in [0.3, 0.4) is 0 Å². The van der Waals surface area contributed by atoms with Crippen molar-refractivity contribution in [2.75, 3.05) is 10.5 Å². The van der Waals surface area contributed by atoms with E-state index in [0.29, 0.717) is 11.3 Å². The van der Waals surface area contributed by atoms with Crippen molar-refractivity contribution in [3.63, 3.8) is 0 Å². The van der Waals surface area contributed by atoms with Gasteiger partial charge in [-0.2, -0.15) is 0 Å². The Balaban J connectivity index is 2.41. The molecule has 2 aromatic carbocycles. The van der Waals surface area contributed by atoms with Crippen molar-refractivity contribution < 1.29 is 17.2 Å². The molecule has 4 nitrogen and oxygen atoms in total. The Morgan fingerprint density at radius 2 is 1.85 bits per heavy atom. The van der Waals surface area contributed by atoms with E-state index in [9.17, 15) is 17.2 Å². The fraction of sp³-hybridized carbons (Fsp3) is 0.0769. The highest BCUT2D eigenvalue weighted by atomic mass is 32.2. The minimum atomic E-state index is -4.00. The Bertz CT molecular complexity index is 761. The first-order chi connectivity index (χ1) is 9.31. The molecule has 2 aromatic rings. The van der Waals surface area contributed by atoms with Crippen molar-refractivity contribution in [3.8, 4) is 0 Å². The number of hydrogen-bond acceptors (Lipinski definition) is 3. The van der Waals surface area contributed by atoms with Crippen LogP contribution in [0.1, 0.15) is 5.56 Å². The minimum absolute atomic E-state index is 0.0761. The van der Waals surface area contributed by atoms with Crippen LogP contribution in [0, 0.1) is 18.6 Å². The van der Waals surface area contributed by atoms with Gasteiger partial charge in [0.15, 0.2) is 11.6 Å². The number of benzene rings is 2. The number of nitrogens with one attached hydrogen (secondary N) is 1. The van der Waals surface area contributed by atoms with E-state index >= 15 is 0 Å². The van der Waals surface area contributed by atoms with Gasteiger partial charge in [-0.15, -0.1) is 0 Å². The van der Waals surface area contributed by atoms with Gasteiger partial charge in [-0.3, -0.25) is 4.72 Å². The summed E-state index contributed by atoms with van der Waals surface area (Å²) in [4.78, 5) is -0.0761. The molecular weight excluding hydrogens is 286 g/mol. The fourth-order valence-corrected chi connectivity index (χ4v) is 2.75. The van der Waals surface area contributed by atoms with E-state index in [1.165, 1.54) is 24.3 Å². The molecule has 0 radical (unpaired) electrons. The molecular formula is C13H12F2N2O2S. The van der Waals surface area contributed by atoms with Gasteiger partial charge in [-0.05, 0) is 42.8 Å². The van der Waals surface area contributed by atoms with Crippen LogP contribution in [-0.2, 0) is 10.0 Å². The van der Waals surface area contributed by atoms with Crippen LogP contribution in [0.25, 0.3) is 0 Å². The summed E-state index contributed by atoms with van der Waals surface area (Å²) in [6, 6.07) is 7.34. The second kappa shape index (κ2) is 5.09. The summed E-state index contributed by atoms with van der Waals surface area (Å²) >= 11 is 0. The van der Waals surface area contributed by atoms with E-state index < -0.39 is 27.3 Å². The van der Waals surface area contributed by atoms with Crippen LogP contribution >= 0.6 is 0 Å². The average Bonchev–Trinajstić information content (AvgIpc) is 2.38. The van der Waals surface area contributed by atoms with Crippen molar-refractivity contribution in [1.29, 1.82) is 0 Å². The molecule has 0 spiro atoms. The van der Waals surface area contributed by atoms with Crippen molar-refractivity contribution in [2.45, 2.75) is 11.8 Å². The van der Waals surface area contributed by atoms with Gasteiger partial charge in [0.05, 0.1) is 10.6 Å². The van der Waals surface area contributed by atoms with Gasteiger partial charge in [0, 0.05) is 5.69 Å². The molecule has 7 heteroatoms. The second-order valence-corrected chi connectivity index (χ2v) is 5.91. The number of hydrogen-bond donors (Lipinski definition) is 2. The van der Waals surface area contributed by atoms with E-state index in [2.05, 4.69) is 0 Å². The summed E-state index contributed by atoms with van der Waals surface area (Å²) in [5.74, 6) is -2.37. The molecule has 0 saturated heterocycles. The van der Waals surface area contributed by atoms with Crippen molar-refractivity contribution in [3.05, 3.63) is 53.6 Å². The lowest BCUT2D eigenvalue weighted by atomic mass is 10.2. The Hall–Kier alpha value is -2.15. The summed E-state index contributed by atoms with van der Waals surface area (Å²) in [5.41, 5.74) is 6.18. The standard InChI is InChI=1S/C13H12F2N2O2S/c1-8-7-9(5-6-11(8)16)20(18,19)17-12-4-2-3-10(14)13(12)15/h2-7,17H,16H2,1H3. The molecule has 2 rings (SSSR count). The largest absolute Gasteiger partial charge is 0.399 e. The number of sulfonamides is 1. The topological polar surface area (TPSA) is 72.2 Å². The molecule has 0 saturated carbocycles. The van der Waals surface area contributed by atoms with Gasteiger partial charge in [0.2, 0.25) is 0 Å². The van der Waals surface area contributed by atoms with Crippen LogP contribution in [0.5, 0.6) is 0 Å². The maximum Gasteiger partial charge on any atom is 0.261 e. The van der Waals surface area contributed by atoms with E-state index in [0.717, 1.165) is 12.1 Å². The summed E-state index contributed by atoms with van der Waals surface area (Å²) in [7, 11) is -4.00. The summed E-state index contributed by atoms with van der Waals surface area (Å²) < 4.78 is 52.7. The van der Waals surface area contributed by atoms with Gasteiger partial charge in [-0.25, -0.2) is 17.2 Å². The van der Waals surface area contributed by atoms with Gasteiger partial charge >= 0.3 is 0 Å². The molecule has 0 bridgehead atoms. The first kappa shape index (κ1) is 14.3. The zero-order valence-electron chi connectivity index (χ0n) is 10.5. The molecule has 3 N–H and O–H groups in total. The highest BCUT2D eigenvalue weighted by Gasteiger charge is 2.18. The highest BCUT2D eigenvalue weighted by Crippen LogP contribution is 2.22. The molecule has 0 aromatic heterocycles. The predicted octanol–water partition coefficient (Wildman–Crippen LogP) is 2.66. The van der Waals surface area contributed by atoms with Crippen molar-refractivity contribution in [2.24, 2.45) is 0 Å². The molecule has 0 heterocycles. The number of nitrogens with two attached hydrogens (primary N) is 1. The molecule has 20 heavy (non-hydrogen) atoms. The molecule has 106 valence electrons. The zero-order valence-corrected chi connectivity index (χ0v) is 11.3. The third kappa shape index (κ3) is 2.72. The number of aryl methyl sites for hydroxylation is 1. The normalized spacial score (nSPS) is 11.3. The molecule has 0 atom stereocenters. The minimum Gasteiger partial charge on any atom is -0.399 e. The Morgan fingerprint density at radius 3 is 2.50 bits per heavy atom. The van der Waals surface area contributed by atoms with E-state index in [4.69, 9.17) is 5.73 Å². The number of nitrogen functional groups attached to an aromatic ring is 1. The third-order valence-electron chi connectivity index (χ3n) is 2.75. The fourth-order valence-electron chi connectivity index (χ4n) is 1.60. The number of halogens is 2. The Morgan fingerprint density at radius 1 is 1.15 bits per heavy atom. The van der Waals surface area contributed by atoms with E-state index in [-0.39, 0.29) is 4.90 Å². The quantitative estimate of drug-likeness (QED) is 0.856. The van der Waals surface area contributed by atoms with Crippen LogP contribution < -0.4 is 10.5 Å². The molecule has 0 fully saturated rings. The number of rotatable bonds is 3. The van der Waals surface area contributed by atoms with Crippen LogP contribution in [-0.4, -0.2) is 8.42 Å². The van der Waals surface area contributed by atoms with E-state index in [1.54, 1.807) is 6.92 Å². The average molecular weight is 298 g/mol. The predicted molar refractivity (Wildman–Crippen MR) is 72.8 cm³/mol. The highest BCUT2D eigenvalue weighted by molar-refractivity contribution is 7.92. The Kier molecular flexibility index (Phi) is 3.63. The summed E-state index contributed by atoms with van der Waals surface area (Å²) in [6.45, 7) is 1.65. The van der Waals surface area contributed by atoms with Crippen LogP contribution in [0.15, 0.2) is 41.3 Å². The lowest BCUT2D eigenvalue weighted by Gasteiger charge is -2.10. The second-order valence-electron chi connectivity index (χ2n) is 4.23. The van der Waals surface area contributed by atoms with Crippen LogP contribution in [0.2, 0.25) is 0 Å². The molecule has 0 aliphatic rings. The first-order valence-corrected chi connectivity index (χ1v) is 7.12. The molecule has 0 unspecified atom stereocenters. The van der Waals surface area contributed by atoms with E-state index in [1.807, 2.05) is 4.72 Å². The van der Waals surface area contributed by atoms with Crippen molar-refractivity contribution in [1.82, 2.24) is 0 Å². The lowest BCUT2D eigenvalue weighted by molar-refractivity contribution is 0.511. The molecule has 0 aliphatic heterocycles. The van der Waals surface area contributed by atoms with Gasteiger partial charge in [-0.1, -0.05) is 6.07 Å². The zero-order chi connectivity index (χ0) is 14.9. The SMILES string of the molecule is Cc1cc(S(=O)(=O)Nc2cccc(F)c2F)ccc1N. The van der Waals surface area contributed by atoms with Gasteiger partial charge in [0.25, 0.3) is 10.0 Å². The third-order valence-corrected chi connectivity index (χ3v) is 4.11. The maximum atomic E-state index is 13.5. The van der Waals surface area contributed by atoms with Gasteiger partial charge in [0.1, 0.15) is 0 Å². The smallest absolute Gasteiger partial charge is 0.261 e. The maximum absolute atomic E-state index is 13.5. The van der Waals surface area contributed by atoms with Gasteiger partial charge < -0.3 is 5.73 Å².